The molecular weight excluding hydrogens is 276 g/mol. The Balaban J connectivity index is 1.86. The van der Waals surface area contributed by atoms with E-state index in [9.17, 15) is 4.79 Å². The van der Waals surface area contributed by atoms with Gasteiger partial charge in [0.2, 0.25) is 0 Å². The van der Waals surface area contributed by atoms with E-state index in [-0.39, 0.29) is 5.56 Å². The third-order valence-corrected chi connectivity index (χ3v) is 4.29. The molecule has 5 heteroatoms. The highest BCUT2D eigenvalue weighted by molar-refractivity contribution is 5.56. The van der Waals surface area contributed by atoms with Crippen molar-refractivity contribution >= 4 is 0 Å². The topological polar surface area (TPSA) is 51.0 Å². The van der Waals surface area contributed by atoms with E-state index in [0.29, 0.717) is 18.6 Å². The Labute approximate surface area is 130 Å². The first-order valence-electron chi connectivity index (χ1n) is 7.89. The smallest absolute Gasteiger partial charge is 0.266 e. The van der Waals surface area contributed by atoms with E-state index < -0.39 is 0 Å². The normalized spacial score (nSPS) is 19.0. The predicted molar refractivity (Wildman–Crippen MR) is 86.6 cm³/mol. The highest BCUT2D eigenvalue weighted by Crippen LogP contribution is 2.21. The summed E-state index contributed by atoms with van der Waals surface area (Å²) in [7, 11) is 0. The number of nitrogens with zero attached hydrogens (tertiary/aromatic N) is 4. The number of pyridine rings is 1. The molecular formula is C17H22N4O. The fourth-order valence-electron chi connectivity index (χ4n) is 3.18. The number of likely N-dealkylation sites (tertiary alicyclic amines) is 1. The van der Waals surface area contributed by atoms with Crippen LogP contribution in [0.2, 0.25) is 0 Å². The van der Waals surface area contributed by atoms with Gasteiger partial charge in [-0.05, 0) is 51.4 Å². The summed E-state index contributed by atoms with van der Waals surface area (Å²) in [6.07, 6.45) is 5.83. The van der Waals surface area contributed by atoms with Crippen LogP contribution in [0.3, 0.4) is 0 Å². The highest BCUT2D eigenvalue weighted by atomic mass is 16.1. The van der Waals surface area contributed by atoms with Gasteiger partial charge in [-0.15, -0.1) is 0 Å². The van der Waals surface area contributed by atoms with Crippen molar-refractivity contribution in [2.45, 2.75) is 45.3 Å². The molecule has 1 aliphatic rings. The van der Waals surface area contributed by atoms with Crippen LogP contribution in [0.25, 0.3) is 11.3 Å². The van der Waals surface area contributed by atoms with E-state index in [1.165, 1.54) is 6.42 Å². The van der Waals surface area contributed by atoms with E-state index >= 15 is 0 Å². The van der Waals surface area contributed by atoms with Gasteiger partial charge < -0.3 is 0 Å². The SMILES string of the molecule is CC(C)N1CCCC1Cn1nc(-c2cccnc2)ccc1=O. The van der Waals surface area contributed by atoms with Crippen LogP contribution < -0.4 is 5.56 Å². The summed E-state index contributed by atoms with van der Waals surface area (Å²) in [4.78, 5) is 18.7. The molecule has 1 unspecified atom stereocenters. The Hall–Kier alpha value is -2.01. The van der Waals surface area contributed by atoms with Crippen LogP contribution >= 0.6 is 0 Å². The Morgan fingerprint density at radius 3 is 2.91 bits per heavy atom. The molecule has 2 aromatic heterocycles. The van der Waals surface area contributed by atoms with Gasteiger partial charge in [-0.25, -0.2) is 4.68 Å². The molecule has 1 aliphatic heterocycles. The Morgan fingerprint density at radius 2 is 2.18 bits per heavy atom. The summed E-state index contributed by atoms with van der Waals surface area (Å²) in [5, 5.41) is 4.54. The molecule has 0 aromatic carbocycles. The molecule has 0 aliphatic carbocycles. The molecule has 0 saturated carbocycles. The lowest BCUT2D eigenvalue weighted by atomic mass is 10.2. The van der Waals surface area contributed by atoms with E-state index in [0.717, 1.165) is 24.2 Å². The molecule has 1 saturated heterocycles. The second-order valence-corrected chi connectivity index (χ2v) is 6.11. The van der Waals surface area contributed by atoms with Crippen molar-refractivity contribution < 1.29 is 0 Å². The molecule has 1 fully saturated rings. The lowest BCUT2D eigenvalue weighted by Gasteiger charge is -2.28. The average Bonchev–Trinajstić information content (AvgIpc) is 2.99. The van der Waals surface area contributed by atoms with E-state index in [1.54, 1.807) is 29.2 Å². The first-order chi connectivity index (χ1) is 10.6. The molecule has 0 amide bonds. The fourth-order valence-corrected chi connectivity index (χ4v) is 3.18. The minimum atomic E-state index is -0.0387. The van der Waals surface area contributed by atoms with Crippen molar-refractivity contribution in [1.29, 1.82) is 0 Å². The standard InChI is InChI=1S/C17H22N4O/c1-13(2)20-10-4-6-15(20)12-21-17(22)8-7-16(19-21)14-5-3-9-18-11-14/h3,5,7-9,11,13,15H,4,6,10,12H2,1-2H3. The molecule has 1 atom stereocenters. The zero-order chi connectivity index (χ0) is 15.5. The summed E-state index contributed by atoms with van der Waals surface area (Å²) < 4.78 is 1.60. The number of aromatic nitrogens is 3. The molecule has 5 nitrogen and oxygen atoms in total. The quantitative estimate of drug-likeness (QED) is 0.868. The van der Waals surface area contributed by atoms with Crippen molar-refractivity contribution in [3.05, 3.63) is 47.0 Å². The van der Waals surface area contributed by atoms with E-state index in [1.807, 2.05) is 12.1 Å². The van der Waals surface area contributed by atoms with Gasteiger partial charge in [0.15, 0.2) is 0 Å². The molecule has 0 bridgehead atoms. The van der Waals surface area contributed by atoms with Crippen LogP contribution in [0.4, 0.5) is 0 Å². The van der Waals surface area contributed by atoms with Crippen LogP contribution in [-0.2, 0) is 6.54 Å². The zero-order valence-electron chi connectivity index (χ0n) is 13.1. The summed E-state index contributed by atoms with van der Waals surface area (Å²) in [5.74, 6) is 0. The third kappa shape index (κ3) is 3.09. The van der Waals surface area contributed by atoms with Crippen LogP contribution in [0, 0.1) is 0 Å². The van der Waals surface area contributed by atoms with Crippen LogP contribution in [0.5, 0.6) is 0 Å². The summed E-state index contributed by atoms with van der Waals surface area (Å²) in [6, 6.07) is 8.11. The van der Waals surface area contributed by atoms with Gasteiger partial charge in [0.05, 0.1) is 12.2 Å². The highest BCUT2D eigenvalue weighted by Gasteiger charge is 2.27. The van der Waals surface area contributed by atoms with Crippen molar-refractivity contribution in [3.63, 3.8) is 0 Å². The zero-order valence-corrected chi connectivity index (χ0v) is 13.1. The molecule has 2 aromatic rings. The van der Waals surface area contributed by atoms with Crippen LogP contribution in [-0.4, -0.2) is 38.3 Å². The second kappa shape index (κ2) is 6.40. The Kier molecular flexibility index (Phi) is 4.34. The minimum Gasteiger partial charge on any atom is -0.296 e. The number of hydrogen-bond donors (Lipinski definition) is 0. The van der Waals surface area contributed by atoms with Gasteiger partial charge in [0.1, 0.15) is 0 Å². The summed E-state index contributed by atoms with van der Waals surface area (Å²) >= 11 is 0. The molecule has 0 N–H and O–H groups in total. The Bertz CT molecular complexity index is 681. The summed E-state index contributed by atoms with van der Waals surface area (Å²) in [5.41, 5.74) is 1.69. The Morgan fingerprint density at radius 1 is 1.32 bits per heavy atom. The molecule has 22 heavy (non-hydrogen) atoms. The van der Waals surface area contributed by atoms with Crippen molar-refractivity contribution in [2.24, 2.45) is 0 Å². The third-order valence-electron chi connectivity index (χ3n) is 4.29. The number of rotatable bonds is 4. The maximum Gasteiger partial charge on any atom is 0.266 e. The molecule has 116 valence electrons. The van der Waals surface area contributed by atoms with Gasteiger partial charge in [-0.1, -0.05) is 0 Å². The fraction of sp³-hybridized carbons (Fsp3) is 0.471. The molecule has 0 spiro atoms. The predicted octanol–water partition coefficient (Wildman–Crippen LogP) is 2.18. The lowest BCUT2D eigenvalue weighted by molar-refractivity contribution is 0.182. The van der Waals surface area contributed by atoms with Crippen molar-refractivity contribution in [2.75, 3.05) is 6.54 Å². The first-order valence-corrected chi connectivity index (χ1v) is 7.89. The van der Waals surface area contributed by atoms with Crippen LogP contribution in [0.15, 0.2) is 41.5 Å². The van der Waals surface area contributed by atoms with Gasteiger partial charge in [-0.3, -0.25) is 14.7 Å². The lowest BCUT2D eigenvalue weighted by Crippen LogP contribution is -2.40. The second-order valence-electron chi connectivity index (χ2n) is 6.11. The molecule has 3 rings (SSSR count). The van der Waals surface area contributed by atoms with E-state index in [4.69, 9.17) is 0 Å². The largest absolute Gasteiger partial charge is 0.296 e. The molecule has 3 heterocycles. The maximum atomic E-state index is 12.1. The van der Waals surface area contributed by atoms with Gasteiger partial charge in [0, 0.05) is 36.1 Å². The van der Waals surface area contributed by atoms with Gasteiger partial charge >= 0.3 is 0 Å². The number of hydrogen-bond acceptors (Lipinski definition) is 4. The average molecular weight is 298 g/mol. The first kappa shape index (κ1) is 14.9. The van der Waals surface area contributed by atoms with Crippen LogP contribution in [0.1, 0.15) is 26.7 Å². The van der Waals surface area contributed by atoms with Crippen molar-refractivity contribution in [1.82, 2.24) is 19.7 Å². The minimum absolute atomic E-state index is 0.0387. The van der Waals surface area contributed by atoms with E-state index in [2.05, 4.69) is 28.8 Å². The van der Waals surface area contributed by atoms with Crippen molar-refractivity contribution in [3.8, 4) is 11.3 Å². The van der Waals surface area contributed by atoms with Gasteiger partial charge in [0.25, 0.3) is 5.56 Å². The molecule has 0 radical (unpaired) electrons. The van der Waals surface area contributed by atoms with Gasteiger partial charge in [-0.2, -0.15) is 5.10 Å². The monoisotopic (exact) mass is 298 g/mol. The summed E-state index contributed by atoms with van der Waals surface area (Å²) in [6.45, 7) is 6.19. The maximum absolute atomic E-state index is 12.1.